The van der Waals surface area contributed by atoms with Crippen LogP contribution in [-0.4, -0.2) is 4.98 Å². The molecule has 0 saturated heterocycles. The molecular weight excluding hydrogens is 733 g/mol. The zero-order valence-corrected chi connectivity index (χ0v) is 32.5. The number of rotatable bonds is 6. The minimum atomic E-state index is -0.645. The Morgan fingerprint density at radius 3 is 2.13 bits per heavy atom. The van der Waals surface area contributed by atoms with Crippen molar-refractivity contribution < 1.29 is 21.2 Å². The summed E-state index contributed by atoms with van der Waals surface area (Å²) in [6.07, 6.45) is 0. The number of nitrogens with zero attached hydrogens (tertiary/aromatic N) is 2. The second-order valence-electron chi connectivity index (χ2n) is 15.7. The lowest BCUT2D eigenvalue weighted by Crippen LogP contribution is -2.17. The van der Waals surface area contributed by atoms with Gasteiger partial charge in [-0.15, -0.1) is 0 Å². The maximum absolute atomic E-state index is 9.87. The largest absolute Gasteiger partial charge is 0.455 e. The van der Waals surface area contributed by atoms with E-state index >= 15 is 0 Å². The van der Waals surface area contributed by atoms with Gasteiger partial charge in [-0.2, -0.15) is 0 Å². The third-order valence-corrected chi connectivity index (χ3v) is 11.9. The van der Waals surface area contributed by atoms with E-state index in [0.717, 1.165) is 49.4 Å². The molecule has 0 N–H and O–H groups in total. The van der Waals surface area contributed by atoms with Crippen molar-refractivity contribution in [2.24, 2.45) is 0 Å². The highest BCUT2D eigenvalue weighted by Gasteiger charge is 2.36. The van der Waals surface area contributed by atoms with Crippen molar-refractivity contribution in [3.05, 3.63) is 205 Å². The Morgan fingerprint density at radius 2 is 1.27 bits per heavy atom. The van der Waals surface area contributed by atoms with Crippen molar-refractivity contribution in [2.45, 2.75) is 19.3 Å². The molecule has 12 rings (SSSR count). The molecule has 0 saturated carbocycles. The van der Waals surface area contributed by atoms with Crippen molar-refractivity contribution in [1.29, 1.82) is 0 Å². The summed E-state index contributed by atoms with van der Waals surface area (Å²) in [6.45, 7) is 4.32. The normalized spacial score (nSPS) is 15.1. The van der Waals surface area contributed by atoms with Gasteiger partial charge in [0.05, 0.1) is 18.0 Å². The van der Waals surface area contributed by atoms with E-state index in [1.807, 2.05) is 127 Å². The van der Waals surface area contributed by atoms with Gasteiger partial charge in [0.25, 0.3) is 0 Å². The molecule has 0 fully saturated rings. The number of fused-ring (bicyclic) bond motifs is 9. The molecule has 4 heteroatoms. The summed E-state index contributed by atoms with van der Waals surface area (Å²) >= 11 is 0. The number of benzene rings is 9. The summed E-state index contributed by atoms with van der Waals surface area (Å²) in [7, 11) is 0. The molecule has 0 radical (unpaired) electrons. The Hall–Kier alpha value is -7.69. The summed E-state index contributed by atoms with van der Waals surface area (Å²) in [4.78, 5) is 6.55. The maximum atomic E-state index is 9.87. The van der Waals surface area contributed by atoms with Gasteiger partial charge in [-0.3, -0.25) is 0 Å². The second kappa shape index (κ2) is 13.2. The summed E-state index contributed by atoms with van der Waals surface area (Å²) in [5, 5.41) is 3.49. The van der Waals surface area contributed by atoms with E-state index in [4.69, 9.17) is 20.7 Å². The van der Waals surface area contributed by atoms with Crippen molar-refractivity contribution in [3.8, 4) is 44.8 Å². The number of hydrogen-bond acceptors (Lipinski definition) is 4. The van der Waals surface area contributed by atoms with Crippen LogP contribution in [0.15, 0.2) is 203 Å². The molecule has 0 atom stereocenters. The van der Waals surface area contributed by atoms with Crippen LogP contribution < -0.4 is 4.90 Å². The summed E-state index contributed by atoms with van der Waals surface area (Å²) in [5.41, 5.74) is 8.43. The lowest BCUT2D eigenvalue weighted by atomic mass is 9.82. The zero-order chi connectivity index (χ0) is 47.8. The monoisotopic (exact) mass is 779 g/mol. The third-order valence-electron chi connectivity index (χ3n) is 11.9. The van der Waals surface area contributed by atoms with E-state index in [-0.39, 0.29) is 5.69 Å². The Morgan fingerprint density at radius 1 is 0.500 bits per heavy atom. The predicted octanol–water partition coefficient (Wildman–Crippen LogP) is 15.7. The van der Waals surface area contributed by atoms with Crippen molar-refractivity contribution in [1.82, 2.24) is 4.98 Å². The van der Waals surface area contributed by atoms with Gasteiger partial charge in [0, 0.05) is 44.1 Å². The number of hydrogen-bond donors (Lipinski definition) is 0. The lowest BCUT2D eigenvalue weighted by molar-refractivity contribution is 0.620. The fourth-order valence-corrected chi connectivity index (χ4v) is 8.89. The number of furan rings is 1. The van der Waals surface area contributed by atoms with E-state index in [1.165, 1.54) is 0 Å². The summed E-state index contributed by atoms with van der Waals surface area (Å²) < 4.78 is 94.7. The molecule has 0 spiro atoms. The van der Waals surface area contributed by atoms with Crippen molar-refractivity contribution >= 4 is 60.9 Å². The molecule has 1 aliphatic carbocycles. The molecule has 9 aromatic carbocycles. The van der Waals surface area contributed by atoms with E-state index in [9.17, 15) is 5.48 Å². The Bertz CT molecular complexity index is 3950. The molecule has 0 aliphatic heterocycles. The van der Waals surface area contributed by atoms with Gasteiger partial charge in [0.2, 0.25) is 5.89 Å². The highest BCUT2D eigenvalue weighted by atomic mass is 16.3. The summed E-state index contributed by atoms with van der Waals surface area (Å²) in [5.74, 6) is 0.453. The molecule has 1 aliphatic rings. The van der Waals surface area contributed by atoms with Crippen LogP contribution >= 0.6 is 0 Å². The van der Waals surface area contributed by atoms with Crippen LogP contribution in [0.3, 0.4) is 0 Å². The van der Waals surface area contributed by atoms with Crippen LogP contribution in [0, 0.1) is 0 Å². The first-order valence-corrected chi connectivity index (χ1v) is 19.8. The fourth-order valence-electron chi connectivity index (χ4n) is 8.89. The minimum absolute atomic E-state index is 0.111. The first-order valence-electron chi connectivity index (χ1n) is 24.3. The lowest BCUT2D eigenvalue weighted by Gasteiger charge is -2.30. The minimum Gasteiger partial charge on any atom is -0.455 e. The molecule has 0 bridgehead atoms. The number of anilines is 3. The van der Waals surface area contributed by atoms with Crippen molar-refractivity contribution in [3.63, 3.8) is 0 Å². The van der Waals surface area contributed by atoms with E-state index < -0.39 is 70.9 Å². The smallest absolute Gasteiger partial charge is 0.227 e. The molecule has 4 nitrogen and oxygen atoms in total. The molecule has 0 unspecified atom stereocenters. The highest BCUT2D eigenvalue weighted by molar-refractivity contribution is 6.17. The van der Waals surface area contributed by atoms with Gasteiger partial charge in [-0.05, 0) is 111 Å². The van der Waals surface area contributed by atoms with Gasteiger partial charge in [0.1, 0.15) is 16.7 Å². The van der Waals surface area contributed by atoms with Gasteiger partial charge in [-0.1, -0.05) is 141 Å². The van der Waals surface area contributed by atoms with E-state index in [1.54, 1.807) is 4.90 Å². The van der Waals surface area contributed by atoms with Gasteiger partial charge in [0.15, 0.2) is 5.58 Å². The first kappa shape index (κ1) is 26.3. The fraction of sp³-hybridized carbons (Fsp3) is 0.0536. The molecule has 2 aromatic heterocycles. The molecule has 284 valence electrons. The quantitative estimate of drug-likeness (QED) is 0.169. The molecular formula is C56H38N2O2. The predicted molar refractivity (Wildman–Crippen MR) is 247 cm³/mol. The molecule has 60 heavy (non-hydrogen) atoms. The van der Waals surface area contributed by atoms with Gasteiger partial charge >= 0.3 is 0 Å². The Labute approximate surface area is 360 Å². The van der Waals surface area contributed by atoms with Gasteiger partial charge in [-0.25, -0.2) is 4.98 Å². The standard InChI is InChI=1S/C56H38N2O2/c1-56(2)48-20-12-11-19-43(48)44-29-27-41(32-49(44)56)58(40-25-21-36(22-26-40)35-13-5-3-6-14-35)51-33-47-45-28-23-37-15-9-10-18-42(37)54(45)59-52(47)34-46(51)39-24-30-50-53(31-39)60-55(57-50)38-16-7-4-8-17-38/h3-34H,1-2H3/i3D,5D,6D,13D,14D,21D,22D,25D,26D. The van der Waals surface area contributed by atoms with E-state index in [2.05, 4.69) is 26.0 Å². The summed E-state index contributed by atoms with van der Waals surface area (Å²) in [6, 6.07) is 40.3. The van der Waals surface area contributed by atoms with Crippen LogP contribution in [-0.2, 0) is 5.41 Å². The van der Waals surface area contributed by atoms with Crippen LogP contribution in [0.5, 0.6) is 0 Å². The zero-order valence-electron chi connectivity index (χ0n) is 41.5. The number of aromatic nitrogens is 1. The van der Waals surface area contributed by atoms with Crippen LogP contribution in [0.25, 0.3) is 88.6 Å². The second-order valence-corrected chi connectivity index (χ2v) is 15.7. The molecule has 2 heterocycles. The van der Waals surface area contributed by atoms with E-state index in [0.29, 0.717) is 50.7 Å². The van der Waals surface area contributed by atoms with Crippen LogP contribution in [0.4, 0.5) is 17.1 Å². The maximum Gasteiger partial charge on any atom is 0.227 e. The average molecular weight is 780 g/mol. The average Bonchev–Trinajstić information content (AvgIpc) is 4.04. The van der Waals surface area contributed by atoms with Crippen LogP contribution in [0.1, 0.15) is 37.3 Å². The van der Waals surface area contributed by atoms with Gasteiger partial charge < -0.3 is 13.7 Å². The highest BCUT2D eigenvalue weighted by Crippen LogP contribution is 2.52. The molecule has 0 amide bonds. The SMILES string of the molecule is [2H]c1c([2H])c([2H])c(-c2c([2H])c([2H])c(N(c3ccc4c(c3)C(C)(C)c3ccccc3-4)c3cc4c(cc3-c3ccc5nc(-c6ccccc6)oc5c3)oc3c5ccccc5ccc43)c([2H])c2[2H])c([2H])c1[2H]. The first-order chi connectivity index (χ1) is 33.2. The number of oxazole rings is 1. The third kappa shape index (κ3) is 5.34. The van der Waals surface area contributed by atoms with Crippen molar-refractivity contribution in [2.75, 3.05) is 4.90 Å². The Balaban J connectivity index is 1.18. The molecule has 11 aromatic rings. The topological polar surface area (TPSA) is 42.4 Å². The van der Waals surface area contributed by atoms with Crippen LogP contribution in [0.2, 0.25) is 0 Å². The Kier molecular flexibility index (Phi) is 5.78.